The summed E-state index contributed by atoms with van der Waals surface area (Å²) < 4.78 is 0. The van der Waals surface area contributed by atoms with E-state index in [1.165, 1.54) is 51.4 Å². The molecule has 0 heterocycles. The minimum Gasteiger partial charge on any atom is -0.316 e. The zero-order valence-electron chi connectivity index (χ0n) is 9.51. The van der Waals surface area contributed by atoms with Crippen LogP contribution in [0.25, 0.3) is 0 Å². The number of unbranched alkanes of at least 4 members (excludes halogenated alkanes) is 8. The van der Waals surface area contributed by atoms with Crippen molar-refractivity contribution in [2.24, 2.45) is 11.5 Å². The maximum absolute atomic E-state index is 5.46. The highest BCUT2D eigenvalue weighted by molar-refractivity contribution is 4.52. The lowest BCUT2D eigenvalue weighted by molar-refractivity contribution is 0.531. The van der Waals surface area contributed by atoms with Gasteiger partial charge in [0.1, 0.15) is 0 Å². The van der Waals surface area contributed by atoms with E-state index in [4.69, 9.17) is 11.5 Å². The molecule has 0 saturated carbocycles. The fraction of sp³-hybridized carbons (Fsp3) is 0.917. The summed E-state index contributed by atoms with van der Waals surface area (Å²) in [6.45, 7) is 3.84. The van der Waals surface area contributed by atoms with Gasteiger partial charge in [0, 0.05) is 0 Å². The van der Waals surface area contributed by atoms with Crippen LogP contribution in [0.1, 0.15) is 64.2 Å². The lowest BCUT2D eigenvalue weighted by Gasteiger charge is -2.04. The summed E-state index contributed by atoms with van der Waals surface area (Å²) >= 11 is 0. The number of rotatable bonds is 10. The molecule has 0 aliphatic heterocycles. The fourth-order valence-corrected chi connectivity index (χ4v) is 1.62. The first-order chi connectivity index (χ1) is 6.77. The number of nitrogens with two attached hydrogens (primary N) is 2. The topological polar surface area (TPSA) is 52.0 Å². The molecule has 85 valence electrons. The monoisotopic (exact) mass is 199 g/mol. The Kier molecular flexibility index (Phi) is 10.9. The largest absolute Gasteiger partial charge is 0.316 e. The first kappa shape index (κ1) is 13.9. The molecule has 0 atom stereocenters. The molecule has 0 amide bonds. The van der Waals surface area contributed by atoms with Crippen LogP contribution in [0, 0.1) is 6.92 Å². The lowest BCUT2D eigenvalue weighted by atomic mass is 10.1. The van der Waals surface area contributed by atoms with Gasteiger partial charge in [-0.25, -0.2) is 0 Å². The van der Waals surface area contributed by atoms with Crippen molar-refractivity contribution in [2.75, 3.05) is 0 Å². The Bertz CT molecular complexity index is 102. The van der Waals surface area contributed by atoms with Gasteiger partial charge in [-0.15, -0.1) is 0 Å². The van der Waals surface area contributed by atoms with Crippen molar-refractivity contribution in [3.05, 3.63) is 6.92 Å². The SMILES string of the molecule is [CH2]CCCCCCCCCCC(N)N. The van der Waals surface area contributed by atoms with Crippen LogP contribution < -0.4 is 11.5 Å². The first-order valence-electron chi connectivity index (χ1n) is 6.07. The maximum Gasteiger partial charge on any atom is 0.0520 e. The van der Waals surface area contributed by atoms with Crippen molar-refractivity contribution in [3.8, 4) is 0 Å². The van der Waals surface area contributed by atoms with Crippen LogP contribution in [-0.2, 0) is 0 Å². The summed E-state index contributed by atoms with van der Waals surface area (Å²) in [6.07, 6.45) is 12.6. The van der Waals surface area contributed by atoms with Crippen LogP contribution in [-0.4, -0.2) is 6.17 Å². The van der Waals surface area contributed by atoms with Gasteiger partial charge in [0.15, 0.2) is 0 Å². The molecule has 0 aliphatic carbocycles. The van der Waals surface area contributed by atoms with Crippen molar-refractivity contribution < 1.29 is 0 Å². The highest BCUT2D eigenvalue weighted by Crippen LogP contribution is 2.10. The van der Waals surface area contributed by atoms with Gasteiger partial charge in [-0.1, -0.05) is 64.7 Å². The second-order valence-electron chi connectivity index (χ2n) is 4.13. The molecule has 2 heteroatoms. The van der Waals surface area contributed by atoms with Crippen molar-refractivity contribution >= 4 is 0 Å². The molecular formula is C12H27N2. The highest BCUT2D eigenvalue weighted by atomic mass is 14.8. The Morgan fingerprint density at radius 1 is 0.714 bits per heavy atom. The molecule has 0 aromatic carbocycles. The minimum atomic E-state index is -0.105. The normalized spacial score (nSPS) is 11.1. The molecule has 0 aromatic heterocycles. The van der Waals surface area contributed by atoms with Crippen molar-refractivity contribution in [3.63, 3.8) is 0 Å². The van der Waals surface area contributed by atoms with Crippen molar-refractivity contribution in [1.29, 1.82) is 0 Å². The fourth-order valence-electron chi connectivity index (χ4n) is 1.62. The van der Waals surface area contributed by atoms with Gasteiger partial charge >= 0.3 is 0 Å². The quantitative estimate of drug-likeness (QED) is 0.420. The van der Waals surface area contributed by atoms with Crippen LogP contribution in [0.5, 0.6) is 0 Å². The minimum absolute atomic E-state index is 0.105. The molecule has 0 spiro atoms. The molecule has 0 aromatic rings. The van der Waals surface area contributed by atoms with Gasteiger partial charge in [0.2, 0.25) is 0 Å². The Balaban J connectivity index is 2.85. The predicted octanol–water partition coefficient (Wildman–Crippen LogP) is 2.96. The second-order valence-corrected chi connectivity index (χ2v) is 4.13. The lowest BCUT2D eigenvalue weighted by Crippen LogP contribution is -2.29. The summed E-state index contributed by atoms with van der Waals surface area (Å²) in [5.74, 6) is 0. The van der Waals surface area contributed by atoms with Crippen LogP contribution in [0.4, 0.5) is 0 Å². The summed E-state index contributed by atoms with van der Waals surface area (Å²) in [7, 11) is 0. The Morgan fingerprint density at radius 2 is 1.14 bits per heavy atom. The van der Waals surface area contributed by atoms with Crippen molar-refractivity contribution in [2.45, 2.75) is 70.4 Å². The zero-order chi connectivity index (χ0) is 10.6. The highest BCUT2D eigenvalue weighted by Gasteiger charge is 1.94. The van der Waals surface area contributed by atoms with E-state index in [0.29, 0.717) is 0 Å². The first-order valence-corrected chi connectivity index (χ1v) is 6.07. The van der Waals surface area contributed by atoms with Gasteiger partial charge in [0.25, 0.3) is 0 Å². The number of hydrogen-bond donors (Lipinski definition) is 2. The van der Waals surface area contributed by atoms with Gasteiger partial charge in [-0.05, 0) is 6.42 Å². The van der Waals surface area contributed by atoms with E-state index in [9.17, 15) is 0 Å². The summed E-state index contributed by atoms with van der Waals surface area (Å²) in [5.41, 5.74) is 10.9. The Labute approximate surface area is 89.4 Å². The summed E-state index contributed by atoms with van der Waals surface area (Å²) in [5, 5.41) is 0. The molecule has 0 aliphatic rings. The molecule has 0 unspecified atom stereocenters. The van der Waals surface area contributed by atoms with E-state index in [1.807, 2.05) is 0 Å². The zero-order valence-corrected chi connectivity index (χ0v) is 9.51. The number of hydrogen-bond acceptors (Lipinski definition) is 2. The summed E-state index contributed by atoms with van der Waals surface area (Å²) in [4.78, 5) is 0. The molecule has 0 bridgehead atoms. The molecular weight excluding hydrogens is 172 g/mol. The molecule has 1 radical (unpaired) electrons. The van der Waals surface area contributed by atoms with Gasteiger partial charge in [0.05, 0.1) is 6.17 Å². The molecule has 14 heavy (non-hydrogen) atoms. The molecule has 2 nitrogen and oxygen atoms in total. The van der Waals surface area contributed by atoms with Crippen LogP contribution in [0.2, 0.25) is 0 Å². The van der Waals surface area contributed by atoms with Gasteiger partial charge < -0.3 is 11.5 Å². The van der Waals surface area contributed by atoms with Crippen LogP contribution in [0.15, 0.2) is 0 Å². The van der Waals surface area contributed by atoms with E-state index < -0.39 is 0 Å². The second kappa shape index (κ2) is 11.0. The van der Waals surface area contributed by atoms with E-state index in [0.717, 1.165) is 12.8 Å². The molecule has 0 saturated heterocycles. The smallest absolute Gasteiger partial charge is 0.0520 e. The van der Waals surface area contributed by atoms with E-state index >= 15 is 0 Å². The Hall–Kier alpha value is -0.0800. The van der Waals surface area contributed by atoms with Crippen molar-refractivity contribution in [1.82, 2.24) is 0 Å². The van der Waals surface area contributed by atoms with Gasteiger partial charge in [-0.2, -0.15) is 0 Å². The van der Waals surface area contributed by atoms with Gasteiger partial charge in [-0.3, -0.25) is 0 Å². The third-order valence-electron chi connectivity index (χ3n) is 2.54. The average Bonchev–Trinajstić information content (AvgIpc) is 2.15. The third kappa shape index (κ3) is 11.9. The Morgan fingerprint density at radius 3 is 1.57 bits per heavy atom. The predicted molar refractivity (Wildman–Crippen MR) is 63.7 cm³/mol. The maximum atomic E-state index is 5.46. The molecule has 0 fully saturated rings. The van der Waals surface area contributed by atoms with Crippen LogP contribution in [0.3, 0.4) is 0 Å². The summed E-state index contributed by atoms with van der Waals surface area (Å²) in [6, 6.07) is 0. The molecule has 4 N–H and O–H groups in total. The standard InChI is InChI=1S/C12H27N2/c1-2-3-4-5-6-7-8-9-10-11-12(13)14/h12H,1-11,13-14H2. The third-order valence-corrected chi connectivity index (χ3v) is 2.54. The average molecular weight is 199 g/mol. The van der Waals surface area contributed by atoms with E-state index in [-0.39, 0.29) is 6.17 Å². The van der Waals surface area contributed by atoms with Crippen LogP contribution >= 0.6 is 0 Å². The molecule has 0 rings (SSSR count). The van der Waals surface area contributed by atoms with E-state index in [1.54, 1.807) is 0 Å². The van der Waals surface area contributed by atoms with E-state index in [2.05, 4.69) is 6.92 Å².